The predicted molar refractivity (Wildman–Crippen MR) is 109 cm³/mol. The maximum Gasteiger partial charge on any atom is 0.270 e. The van der Waals surface area contributed by atoms with Crippen LogP contribution in [0.25, 0.3) is 11.5 Å². The number of carbonyl (C=O) groups is 1. The maximum atomic E-state index is 13.1. The molecule has 1 amide bonds. The monoisotopic (exact) mass is 407 g/mol. The minimum Gasteiger partial charge on any atom is -0.381 e. The Labute approximate surface area is 172 Å². The van der Waals surface area contributed by atoms with Crippen LogP contribution in [0, 0.1) is 0 Å². The minimum atomic E-state index is 0.0524. The molecule has 0 bridgehead atoms. The Kier molecular flexibility index (Phi) is 4.02. The molecule has 2 aliphatic heterocycles. The maximum absolute atomic E-state index is 13.1. The number of anilines is 1. The molecular formula is C21H21N5O2S. The van der Waals surface area contributed by atoms with E-state index in [1.807, 2.05) is 18.2 Å². The fraction of sp³-hybridized carbons (Fsp3) is 0.429. The summed E-state index contributed by atoms with van der Waals surface area (Å²) < 4.78 is 7.57. The molecule has 3 aromatic heterocycles. The number of fused-ring (bicyclic) bond motifs is 1. The van der Waals surface area contributed by atoms with Crippen molar-refractivity contribution >= 4 is 23.1 Å². The minimum absolute atomic E-state index is 0.0524. The van der Waals surface area contributed by atoms with Gasteiger partial charge in [0.1, 0.15) is 17.8 Å². The molecule has 1 aliphatic carbocycles. The summed E-state index contributed by atoms with van der Waals surface area (Å²) in [5.41, 5.74) is 1.88. The van der Waals surface area contributed by atoms with Crippen molar-refractivity contribution in [1.29, 1.82) is 0 Å². The van der Waals surface area contributed by atoms with Crippen molar-refractivity contribution in [3.63, 3.8) is 0 Å². The Hall–Kier alpha value is -2.58. The lowest BCUT2D eigenvalue weighted by atomic mass is 9.98. The van der Waals surface area contributed by atoms with Crippen molar-refractivity contribution in [2.45, 2.75) is 44.2 Å². The molecule has 7 nitrogen and oxygen atoms in total. The molecule has 3 aliphatic rings. The van der Waals surface area contributed by atoms with Gasteiger partial charge in [-0.2, -0.15) is 0 Å². The van der Waals surface area contributed by atoms with Gasteiger partial charge in [-0.25, -0.2) is 4.98 Å². The molecule has 6 rings (SSSR count). The fourth-order valence-corrected chi connectivity index (χ4v) is 5.52. The number of ether oxygens (including phenoxy) is 1. The van der Waals surface area contributed by atoms with E-state index in [4.69, 9.17) is 9.72 Å². The van der Waals surface area contributed by atoms with Crippen LogP contribution in [0.4, 0.5) is 5.82 Å². The van der Waals surface area contributed by atoms with Crippen molar-refractivity contribution in [3.8, 4) is 11.5 Å². The average Bonchev–Trinajstić information content (AvgIpc) is 3.21. The first-order chi connectivity index (χ1) is 14.3. The van der Waals surface area contributed by atoms with E-state index < -0.39 is 0 Å². The third-order valence-electron chi connectivity index (χ3n) is 5.97. The Morgan fingerprint density at radius 1 is 1.14 bits per heavy atom. The Bertz CT molecular complexity index is 1080. The van der Waals surface area contributed by atoms with Gasteiger partial charge in [0.2, 0.25) is 0 Å². The molecule has 0 radical (unpaired) electrons. The van der Waals surface area contributed by atoms with Gasteiger partial charge in [-0.05, 0) is 55.4 Å². The van der Waals surface area contributed by atoms with Crippen LogP contribution < -0.4 is 4.90 Å². The highest BCUT2D eigenvalue weighted by atomic mass is 32.1. The van der Waals surface area contributed by atoms with Gasteiger partial charge in [0.05, 0.1) is 11.4 Å². The van der Waals surface area contributed by atoms with Crippen molar-refractivity contribution in [2.75, 3.05) is 18.1 Å². The molecule has 1 saturated carbocycles. The summed E-state index contributed by atoms with van der Waals surface area (Å²) in [6, 6.07) is 8.48. The number of pyridine rings is 1. The van der Waals surface area contributed by atoms with E-state index in [-0.39, 0.29) is 5.91 Å². The van der Waals surface area contributed by atoms with E-state index in [2.05, 4.69) is 20.8 Å². The predicted octanol–water partition coefficient (Wildman–Crippen LogP) is 3.79. The summed E-state index contributed by atoms with van der Waals surface area (Å²) in [7, 11) is 0. The topological polar surface area (TPSA) is 73.1 Å². The summed E-state index contributed by atoms with van der Waals surface area (Å²) in [4.78, 5) is 21.8. The van der Waals surface area contributed by atoms with Crippen LogP contribution in [0.2, 0.25) is 0 Å². The number of thiophene rings is 1. The van der Waals surface area contributed by atoms with Crippen molar-refractivity contribution in [1.82, 2.24) is 19.7 Å². The molecular weight excluding hydrogens is 386 g/mol. The summed E-state index contributed by atoms with van der Waals surface area (Å²) >= 11 is 1.65. The molecule has 0 spiro atoms. The third kappa shape index (κ3) is 2.98. The number of rotatable bonds is 4. The lowest BCUT2D eigenvalue weighted by Gasteiger charge is -2.21. The van der Waals surface area contributed by atoms with E-state index in [1.165, 1.54) is 4.88 Å². The second kappa shape index (κ2) is 6.74. The quantitative estimate of drug-likeness (QED) is 0.658. The molecule has 8 heteroatoms. The van der Waals surface area contributed by atoms with Crippen LogP contribution in [0.3, 0.4) is 0 Å². The molecule has 0 atom stereocenters. The number of carbonyl (C=O) groups excluding carboxylic acids is 1. The van der Waals surface area contributed by atoms with Crippen LogP contribution in [-0.4, -0.2) is 38.9 Å². The number of aromatic nitrogens is 4. The highest BCUT2D eigenvalue weighted by Crippen LogP contribution is 2.40. The van der Waals surface area contributed by atoms with E-state index in [0.29, 0.717) is 24.3 Å². The molecule has 29 heavy (non-hydrogen) atoms. The normalized spacial score (nSPS) is 19.7. The van der Waals surface area contributed by atoms with E-state index in [0.717, 1.165) is 60.9 Å². The lowest BCUT2D eigenvalue weighted by Crippen LogP contribution is -2.24. The number of hydrogen-bond acceptors (Lipinski definition) is 6. The second-order valence-electron chi connectivity index (χ2n) is 7.96. The first kappa shape index (κ1) is 17.3. The summed E-state index contributed by atoms with van der Waals surface area (Å²) in [5, 5.41) is 8.33. The second-order valence-corrected chi connectivity index (χ2v) is 9.04. The molecule has 0 N–H and O–H groups in total. The molecule has 148 valence electrons. The van der Waals surface area contributed by atoms with Crippen LogP contribution in [0.1, 0.15) is 57.8 Å². The smallest absolute Gasteiger partial charge is 0.270 e. The first-order valence-electron chi connectivity index (χ1n) is 10.2. The van der Waals surface area contributed by atoms with Crippen molar-refractivity contribution < 1.29 is 9.53 Å². The zero-order chi connectivity index (χ0) is 19.4. The van der Waals surface area contributed by atoms with Gasteiger partial charge >= 0.3 is 0 Å². The van der Waals surface area contributed by atoms with Gasteiger partial charge in [0.25, 0.3) is 5.91 Å². The Morgan fingerprint density at radius 3 is 2.79 bits per heavy atom. The van der Waals surface area contributed by atoms with Crippen molar-refractivity contribution in [2.24, 2.45) is 0 Å². The molecule has 5 heterocycles. The summed E-state index contributed by atoms with van der Waals surface area (Å²) in [6.45, 7) is 2.21. The van der Waals surface area contributed by atoms with Gasteiger partial charge in [-0.1, -0.05) is 6.07 Å². The van der Waals surface area contributed by atoms with Gasteiger partial charge in [-0.15, -0.1) is 21.5 Å². The van der Waals surface area contributed by atoms with E-state index in [9.17, 15) is 4.79 Å². The highest BCUT2D eigenvalue weighted by Gasteiger charge is 2.34. The largest absolute Gasteiger partial charge is 0.381 e. The van der Waals surface area contributed by atoms with Gasteiger partial charge in [0, 0.05) is 24.1 Å². The van der Waals surface area contributed by atoms with Crippen LogP contribution in [0.15, 0.2) is 30.6 Å². The Balaban J connectivity index is 1.27. The highest BCUT2D eigenvalue weighted by molar-refractivity contribution is 7.14. The zero-order valence-electron chi connectivity index (χ0n) is 16.0. The molecule has 2 fully saturated rings. The van der Waals surface area contributed by atoms with Crippen LogP contribution in [0.5, 0.6) is 0 Å². The SMILES string of the molecule is O=C1c2sc(C3CCOCC3)cc2CN1c1cccc(-c2nncn2C2CC2)n1. The standard InChI is InChI=1S/C21H21N5O2S/c27-21-19-14(10-17(29-19)13-6-8-28-9-7-13)11-25(21)18-3-1-2-16(23-18)20-24-22-12-26(20)15-4-5-15/h1-3,10,12-13,15H,4-9,11H2. The van der Waals surface area contributed by atoms with Gasteiger partial charge in [-0.3, -0.25) is 9.69 Å². The van der Waals surface area contributed by atoms with Crippen LogP contribution in [-0.2, 0) is 11.3 Å². The summed E-state index contributed by atoms with van der Waals surface area (Å²) in [5.74, 6) is 2.03. The number of amides is 1. The third-order valence-corrected chi connectivity index (χ3v) is 7.30. The lowest BCUT2D eigenvalue weighted by molar-refractivity contribution is 0.0860. The molecule has 0 unspecified atom stereocenters. The number of nitrogens with zero attached hydrogens (tertiary/aromatic N) is 5. The van der Waals surface area contributed by atoms with Crippen molar-refractivity contribution in [3.05, 3.63) is 45.9 Å². The van der Waals surface area contributed by atoms with Gasteiger partial charge < -0.3 is 9.30 Å². The molecule has 3 aromatic rings. The first-order valence-corrected chi connectivity index (χ1v) is 11.0. The Morgan fingerprint density at radius 2 is 2.00 bits per heavy atom. The number of hydrogen-bond donors (Lipinski definition) is 0. The van der Waals surface area contributed by atoms with Crippen LogP contribution >= 0.6 is 11.3 Å². The van der Waals surface area contributed by atoms with E-state index in [1.54, 1.807) is 22.6 Å². The fourth-order valence-electron chi connectivity index (χ4n) is 4.23. The zero-order valence-corrected chi connectivity index (χ0v) is 16.8. The molecule has 1 saturated heterocycles. The molecule has 0 aromatic carbocycles. The summed E-state index contributed by atoms with van der Waals surface area (Å²) in [6.07, 6.45) is 6.18. The average molecular weight is 407 g/mol. The van der Waals surface area contributed by atoms with Gasteiger partial charge in [0.15, 0.2) is 5.82 Å². The van der Waals surface area contributed by atoms with E-state index >= 15 is 0 Å².